The number of aryl methyl sites for hydroxylation is 2. The third-order valence-electron chi connectivity index (χ3n) is 3.04. The molecule has 0 aromatic carbocycles. The fraction of sp³-hybridized carbons (Fsp3) is 0.467. The van der Waals surface area contributed by atoms with Crippen molar-refractivity contribution in [2.24, 2.45) is 0 Å². The highest BCUT2D eigenvalue weighted by Crippen LogP contribution is 2.06. The molecule has 0 fully saturated rings. The molecule has 1 N–H and O–H groups in total. The highest BCUT2D eigenvalue weighted by atomic mass is 16.3. The Morgan fingerprint density at radius 1 is 0.889 bits per heavy atom. The minimum Gasteiger partial charge on any atom is -0.460 e. The molecule has 0 radical (unpaired) electrons. The summed E-state index contributed by atoms with van der Waals surface area (Å²) in [4.78, 5) is 1.47. The molecule has 0 amide bonds. The zero-order valence-electron chi connectivity index (χ0n) is 11.5. The summed E-state index contributed by atoms with van der Waals surface area (Å²) >= 11 is 0. The summed E-state index contributed by atoms with van der Waals surface area (Å²) in [6.45, 7) is 9.14. The first kappa shape index (κ1) is 13.0. The first-order valence-corrected chi connectivity index (χ1v) is 6.61. The van der Waals surface area contributed by atoms with Gasteiger partial charge in [0.05, 0.1) is 6.54 Å². The number of rotatable bonds is 6. The summed E-state index contributed by atoms with van der Waals surface area (Å²) in [5.41, 5.74) is 0. The number of hydrogen-bond donors (Lipinski definition) is 1. The SMILES string of the molecule is CCC[NH+](Cc1ccc(C)o1)Cc1ccc(C)o1. The van der Waals surface area contributed by atoms with Gasteiger partial charge in [0.2, 0.25) is 0 Å². The summed E-state index contributed by atoms with van der Waals surface area (Å²) < 4.78 is 11.3. The van der Waals surface area contributed by atoms with Crippen molar-refractivity contribution >= 4 is 0 Å². The van der Waals surface area contributed by atoms with Gasteiger partial charge >= 0.3 is 0 Å². The van der Waals surface area contributed by atoms with Crippen LogP contribution in [0.5, 0.6) is 0 Å². The van der Waals surface area contributed by atoms with E-state index in [0.717, 1.165) is 49.1 Å². The zero-order valence-corrected chi connectivity index (χ0v) is 11.5. The molecule has 2 rings (SSSR count). The lowest BCUT2D eigenvalue weighted by molar-refractivity contribution is -0.929. The lowest BCUT2D eigenvalue weighted by Crippen LogP contribution is -3.09. The van der Waals surface area contributed by atoms with E-state index < -0.39 is 0 Å². The van der Waals surface area contributed by atoms with Crippen LogP contribution in [-0.2, 0) is 13.1 Å². The van der Waals surface area contributed by atoms with Crippen molar-refractivity contribution in [2.75, 3.05) is 6.54 Å². The first-order valence-electron chi connectivity index (χ1n) is 6.61. The van der Waals surface area contributed by atoms with Crippen LogP contribution in [0.2, 0.25) is 0 Å². The summed E-state index contributed by atoms with van der Waals surface area (Å²) in [5.74, 6) is 4.07. The average molecular weight is 248 g/mol. The van der Waals surface area contributed by atoms with E-state index in [9.17, 15) is 0 Å². The molecule has 0 saturated heterocycles. The Labute approximate surface area is 108 Å². The van der Waals surface area contributed by atoms with Crippen molar-refractivity contribution in [3.63, 3.8) is 0 Å². The van der Waals surface area contributed by atoms with Crippen LogP contribution in [0.4, 0.5) is 0 Å². The largest absolute Gasteiger partial charge is 0.460 e. The van der Waals surface area contributed by atoms with Crippen molar-refractivity contribution in [1.29, 1.82) is 0 Å². The molecule has 0 aliphatic carbocycles. The lowest BCUT2D eigenvalue weighted by atomic mass is 10.3. The molecule has 18 heavy (non-hydrogen) atoms. The van der Waals surface area contributed by atoms with E-state index in [1.165, 1.54) is 4.90 Å². The lowest BCUT2D eigenvalue weighted by Gasteiger charge is -2.16. The molecule has 3 nitrogen and oxygen atoms in total. The van der Waals surface area contributed by atoms with Gasteiger partial charge < -0.3 is 13.7 Å². The average Bonchev–Trinajstić information content (AvgIpc) is 2.89. The number of nitrogens with one attached hydrogen (secondary N) is 1. The second kappa shape index (κ2) is 5.91. The predicted molar refractivity (Wildman–Crippen MR) is 70.4 cm³/mol. The van der Waals surface area contributed by atoms with Gasteiger partial charge in [-0.3, -0.25) is 0 Å². The van der Waals surface area contributed by atoms with Gasteiger partial charge in [-0.2, -0.15) is 0 Å². The second-order valence-electron chi connectivity index (χ2n) is 4.88. The molecular formula is C15H22NO2+. The van der Waals surface area contributed by atoms with E-state index in [1.807, 2.05) is 26.0 Å². The Hall–Kier alpha value is -1.48. The quantitative estimate of drug-likeness (QED) is 0.851. The summed E-state index contributed by atoms with van der Waals surface area (Å²) in [7, 11) is 0. The molecule has 2 heterocycles. The molecule has 98 valence electrons. The highest BCUT2D eigenvalue weighted by molar-refractivity contribution is 5.05. The van der Waals surface area contributed by atoms with Crippen LogP contribution in [0.1, 0.15) is 36.4 Å². The van der Waals surface area contributed by atoms with Crippen LogP contribution in [0.15, 0.2) is 33.1 Å². The van der Waals surface area contributed by atoms with Crippen LogP contribution in [0.25, 0.3) is 0 Å². The van der Waals surface area contributed by atoms with Crippen LogP contribution >= 0.6 is 0 Å². The number of quaternary nitrogens is 1. The van der Waals surface area contributed by atoms with E-state index >= 15 is 0 Å². The van der Waals surface area contributed by atoms with E-state index in [-0.39, 0.29) is 0 Å². The Bertz CT molecular complexity index is 442. The normalized spacial score (nSPS) is 11.3. The van der Waals surface area contributed by atoms with Crippen molar-refractivity contribution in [2.45, 2.75) is 40.3 Å². The Morgan fingerprint density at radius 3 is 1.72 bits per heavy atom. The van der Waals surface area contributed by atoms with Gasteiger partial charge in [-0.05, 0) is 44.5 Å². The maximum Gasteiger partial charge on any atom is 0.158 e. The maximum atomic E-state index is 5.65. The molecule has 3 heteroatoms. The van der Waals surface area contributed by atoms with Crippen molar-refractivity contribution in [1.82, 2.24) is 0 Å². The van der Waals surface area contributed by atoms with Crippen molar-refractivity contribution in [3.05, 3.63) is 47.3 Å². The second-order valence-corrected chi connectivity index (χ2v) is 4.88. The van der Waals surface area contributed by atoms with Gasteiger partial charge in [-0.25, -0.2) is 0 Å². The highest BCUT2D eigenvalue weighted by Gasteiger charge is 2.14. The number of hydrogen-bond acceptors (Lipinski definition) is 2. The molecule has 0 aliphatic heterocycles. The fourth-order valence-corrected chi connectivity index (χ4v) is 2.25. The molecule has 2 aromatic heterocycles. The summed E-state index contributed by atoms with van der Waals surface area (Å²) in [5, 5.41) is 0. The minimum atomic E-state index is 0.918. The van der Waals surface area contributed by atoms with Crippen LogP contribution in [-0.4, -0.2) is 6.54 Å². The van der Waals surface area contributed by atoms with Gasteiger partial charge in [0.1, 0.15) is 24.6 Å². The standard InChI is InChI=1S/C15H21NO2/c1-4-9-16(10-14-7-5-12(2)17-14)11-15-8-6-13(3)18-15/h5-8H,4,9-11H2,1-3H3/p+1. The molecule has 2 aromatic rings. The Kier molecular flexibility index (Phi) is 4.26. The third kappa shape index (κ3) is 3.50. The predicted octanol–water partition coefficient (Wildman–Crippen LogP) is 2.48. The fourth-order valence-electron chi connectivity index (χ4n) is 2.25. The van der Waals surface area contributed by atoms with Gasteiger partial charge in [0.15, 0.2) is 11.5 Å². The molecule has 0 saturated carbocycles. The van der Waals surface area contributed by atoms with Gasteiger partial charge in [0, 0.05) is 0 Å². The van der Waals surface area contributed by atoms with Crippen molar-refractivity contribution < 1.29 is 13.7 Å². The maximum absolute atomic E-state index is 5.65. The van der Waals surface area contributed by atoms with Gasteiger partial charge in [0.25, 0.3) is 0 Å². The van der Waals surface area contributed by atoms with Crippen LogP contribution < -0.4 is 4.90 Å². The molecular weight excluding hydrogens is 226 g/mol. The number of furan rings is 2. The van der Waals surface area contributed by atoms with E-state index in [4.69, 9.17) is 8.83 Å². The third-order valence-corrected chi connectivity index (χ3v) is 3.04. The van der Waals surface area contributed by atoms with Gasteiger partial charge in [-0.1, -0.05) is 6.92 Å². The molecule has 0 spiro atoms. The van der Waals surface area contributed by atoms with Gasteiger partial charge in [-0.15, -0.1) is 0 Å². The summed E-state index contributed by atoms with van der Waals surface area (Å²) in [6, 6.07) is 8.18. The van der Waals surface area contributed by atoms with Crippen LogP contribution in [0, 0.1) is 13.8 Å². The topological polar surface area (TPSA) is 30.7 Å². The first-order chi connectivity index (χ1) is 8.67. The molecule has 0 unspecified atom stereocenters. The van der Waals surface area contributed by atoms with E-state index in [2.05, 4.69) is 19.1 Å². The van der Waals surface area contributed by atoms with E-state index in [0.29, 0.717) is 0 Å². The smallest absolute Gasteiger partial charge is 0.158 e. The Balaban J connectivity index is 1.99. The molecule has 0 bridgehead atoms. The van der Waals surface area contributed by atoms with E-state index in [1.54, 1.807) is 0 Å². The van der Waals surface area contributed by atoms with Crippen LogP contribution in [0.3, 0.4) is 0 Å². The molecule has 0 aliphatic rings. The molecule has 0 atom stereocenters. The summed E-state index contributed by atoms with van der Waals surface area (Å²) in [6.07, 6.45) is 1.16. The van der Waals surface area contributed by atoms with Crippen molar-refractivity contribution in [3.8, 4) is 0 Å². The minimum absolute atomic E-state index is 0.918. The zero-order chi connectivity index (χ0) is 13.0. The Morgan fingerprint density at radius 2 is 1.39 bits per heavy atom. The monoisotopic (exact) mass is 248 g/mol.